The molecule has 0 radical (unpaired) electrons. The molecule has 0 saturated carbocycles. The van der Waals surface area contributed by atoms with Gasteiger partial charge in [-0.25, -0.2) is 4.98 Å². The summed E-state index contributed by atoms with van der Waals surface area (Å²) in [5.74, 6) is 0.607. The van der Waals surface area contributed by atoms with E-state index in [0.717, 1.165) is 23.9 Å². The number of anilines is 1. The molecule has 4 heteroatoms. The predicted molar refractivity (Wildman–Crippen MR) is 75.8 cm³/mol. The van der Waals surface area contributed by atoms with Gasteiger partial charge in [0.25, 0.3) is 0 Å². The zero-order chi connectivity index (χ0) is 12.8. The first kappa shape index (κ1) is 10.6. The van der Waals surface area contributed by atoms with Crippen molar-refractivity contribution in [2.45, 2.75) is 19.3 Å². The third kappa shape index (κ3) is 1.46. The van der Waals surface area contributed by atoms with Crippen molar-refractivity contribution in [3.63, 3.8) is 0 Å². The predicted octanol–water partition coefficient (Wildman–Crippen LogP) is 2.70. The fraction of sp³-hybridized carbons (Fsp3) is 0.200. The Balaban J connectivity index is 2.15. The zero-order valence-corrected chi connectivity index (χ0v) is 10.5. The van der Waals surface area contributed by atoms with Crippen LogP contribution in [0.1, 0.15) is 17.7 Å². The Hall–Kier alpha value is -2.36. The van der Waals surface area contributed by atoms with Crippen molar-refractivity contribution < 1.29 is 0 Å². The van der Waals surface area contributed by atoms with Crippen LogP contribution in [0.25, 0.3) is 22.2 Å². The number of aromatic amines is 1. The van der Waals surface area contributed by atoms with E-state index in [9.17, 15) is 0 Å². The van der Waals surface area contributed by atoms with Crippen molar-refractivity contribution in [2.24, 2.45) is 0 Å². The van der Waals surface area contributed by atoms with Crippen molar-refractivity contribution in [3.8, 4) is 11.1 Å². The van der Waals surface area contributed by atoms with Crippen LogP contribution in [-0.4, -0.2) is 15.2 Å². The second kappa shape index (κ2) is 3.82. The molecule has 3 N–H and O–H groups in total. The average Bonchev–Trinajstić information content (AvgIpc) is 3.05. The molecular weight excluding hydrogens is 236 g/mol. The Morgan fingerprint density at radius 3 is 2.79 bits per heavy atom. The number of hydrogen-bond donors (Lipinski definition) is 2. The first-order chi connectivity index (χ1) is 9.34. The standard InChI is InChI=1S/C15H14N4/c16-14-13-12(9-5-2-1-3-6-9)10-7-4-8-11(10)17-15(13)19-18-14/h1-3,5-6H,4,7-8H2,(H3,16,17,18,19). The minimum absolute atomic E-state index is 0.607. The molecule has 0 aliphatic heterocycles. The number of aromatic nitrogens is 3. The number of rotatable bonds is 1. The van der Waals surface area contributed by atoms with Gasteiger partial charge in [-0.2, -0.15) is 5.10 Å². The molecule has 94 valence electrons. The molecule has 3 aromatic rings. The lowest BCUT2D eigenvalue weighted by Crippen LogP contribution is -1.96. The van der Waals surface area contributed by atoms with Gasteiger partial charge in [0, 0.05) is 11.3 Å². The van der Waals surface area contributed by atoms with Crippen molar-refractivity contribution in [1.82, 2.24) is 15.2 Å². The fourth-order valence-corrected chi connectivity index (χ4v) is 3.00. The van der Waals surface area contributed by atoms with Crippen molar-refractivity contribution in [3.05, 3.63) is 41.6 Å². The SMILES string of the molecule is Nc1[nH]nc2nc3c(c(-c4ccccc4)c12)CCC3. The van der Waals surface area contributed by atoms with Gasteiger partial charge in [0.05, 0.1) is 5.39 Å². The Morgan fingerprint density at radius 1 is 1.11 bits per heavy atom. The summed E-state index contributed by atoms with van der Waals surface area (Å²) >= 11 is 0. The maximum atomic E-state index is 6.05. The number of fused-ring (bicyclic) bond motifs is 2. The van der Waals surface area contributed by atoms with Gasteiger partial charge in [0.1, 0.15) is 5.82 Å². The number of pyridine rings is 1. The van der Waals surface area contributed by atoms with Crippen LogP contribution in [0.3, 0.4) is 0 Å². The molecular formula is C15H14N4. The van der Waals surface area contributed by atoms with E-state index in [2.05, 4.69) is 39.4 Å². The van der Waals surface area contributed by atoms with Crippen LogP contribution in [0.4, 0.5) is 5.82 Å². The van der Waals surface area contributed by atoms with E-state index in [1.807, 2.05) is 6.07 Å². The first-order valence-corrected chi connectivity index (χ1v) is 6.55. The molecule has 0 atom stereocenters. The molecule has 1 aliphatic carbocycles. The summed E-state index contributed by atoms with van der Waals surface area (Å²) in [7, 11) is 0. The summed E-state index contributed by atoms with van der Waals surface area (Å²) in [5.41, 5.74) is 11.7. The third-order valence-corrected chi connectivity index (χ3v) is 3.82. The van der Waals surface area contributed by atoms with Gasteiger partial charge in [0.15, 0.2) is 5.65 Å². The molecule has 2 heterocycles. The number of nitrogens with one attached hydrogen (secondary N) is 1. The number of H-pyrrole nitrogens is 1. The lowest BCUT2D eigenvalue weighted by molar-refractivity contribution is 0.900. The molecule has 4 rings (SSSR count). The monoisotopic (exact) mass is 250 g/mol. The number of benzene rings is 1. The van der Waals surface area contributed by atoms with Crippen LogP contribution in [0.5, 0.6) is 0 Å². The summed E-state index contributed by atoms with van der Waals surface area (Å²) in [4.78, 5) is 4.64. The van der Waals surface area contributed by atoms with Crippen LogP contribution in [0.15, 0.2) is 30.3 Å². The van der Waals surface area contributed by atoms with Gasteiger partial charge in [-0.3, -0.25) is 5.10 Å². The van der Waals surface area contributed by atoms with E-state index in [4.69, 9.17) is 5.73 Å². The number of aryl methyl sites for hydroxylation is 1. The summed E-state index contributed by atoms with van der Waals surface area (Å²) in [5, 5.41) is 8.04. The van der Waals surface area contributed by atoms with Gasteiger partial charge in [-0.1, -0.05) is 30.3 Å². The molecule has 0 spiro atoms. The minimum atomic E-state index is 0.607. The number of nitrogen functional groups attached to an aromatic ring is 1. The molecule has 0 amide bonds. The topological polar surface area (TPSA) is 67.6 Å². The summed E-state index contributed by atoms with van der Waals surface area (Å²) < 4.78 is 0. The number of nitrogens with zero attached hydrogens (tertiary/aromatic N) is 2. The number of hydrogen-bond acceptors (Lipinski definition) is 3. The number of nitrogens with two attached hydrogens (primary N) is 1. The van der Waals surface area contributed by atoms with Crippen LogP contribution in [0, 0.1) is 0 Å². The van der Waals surface area contributed by atoms with Gasteiger partial charge < -0.3 is 5.73 Å². The highest BCUT2D eigenvalue weighted by Gasteiger charge is 2.22. The molecule has 2 aromatic heterocycles. The second-order valence-corrected chi connectivity index (χ2v) is 4.97. The van der Waals surface area contributed by atoms with Crippen LogP contribution in [-0.2, 0) is 12.8 Å². The van der Waals surface area contributed by atoms with Crippen molar-refractivity contribution in [2.75, 3.05) is 5.73 Å². The molecule has 0 bridgehead atoms. The first-order valence-electron chi connectivity index (χ1n) is 6.55. The van der Waals surface area contributed by atoms with Gasteiger partial charge >= 0.3 is 0 Å². The highest BCUT2D eigenvalue weighted by atomic mass is 15.2. The fourth-order valence-electron chi connectivity index (χ4n) is 3.00. The molecule has 0 saturated heterocycles. The lowest BCUT2D eigenvalue weighted by Gasteiger charge is -2.10. The van der Waals surface area contributed by atoms with E-state index in [-0.39, 0.29) is 0 Å². The third-order valence-electron chi connectivity index (χ3n) is 3.82. The quantitative estimate of drug-likeness (QED) is 0.697. The molecule has 19 heavy (non-hydrogen) atoms. The summed E-state index contributed by atoms with van der Waals surface area (Å²) in [6.45, 7) is 0. The highest BCUT2D eigenvalue weighted by molar-refractivity contribution is 6.01. The van der Waals surface area contributed by atoms with E-state index in [0.29, 0.717) is 5.82 Å². The maximum absolute atomic E-state index is 6.05. The van der Waals surface area contributed by atoms with Crippen LogP contribution in [0.2, 0.25) is 0 Å². The van der Waals surface area contributed by atoms with Crippen LogP contribution >= 0.6 is 0 Å². The summed E-state index contributed by atoms with van der Waals surface area (Å²) in [6.07, 6.45) is 3.28. The van der Waals surface area contributed by atoms with Gasteiger partial charge in [-0.05, 0) is 30.4 Å². The zero-order valence-electron chi connectivity index (χ0n) is 10.5. The smallest absolute Gasteiger partial charge is 0.184 e. The maximum Gasteiger partial charge on any atom is 0.184 e. The molecule has 0 unspecified atom stereocenters. The Kier molecular flexibility index (Phi) is 2.12. The normalized spacial score (nSPS) is 13.9. The van der Waals surface area contributed by atoms with Gasteiger partial charge in [-0.15, -0.1) is 0 Å². The second-order valence-electron chi connectivity index (χ2n) is 4.97. The molecule has 0 fully saturated rings. The largest absolute Gasteiger partial charge is 0.383 e. The van der Waals surface area contributed by atoms with E-state index in [1.54, 1.807) is 0 Å². The van der Waals surface area contributed by atoms with E-state index >= 15 is 0 Å². The Labute approximate surface area is 110 Å². The van der Waals surface area contributed by atoms with Gasteiger partial charge in [0.2, 0.25) is 0 Å². The highest BCUT2D eigenvalue weighted by Crippen LogP contribution is 2.38. The van der Waals surface area contributed by atoms with E-state index < -0.39 is 0 Å². The Morgan fingerprint density at radius 2 is 1.95 bits per heavy atom. The summed E-state index contributed by atoms with van der Waals surface area (Å²) in [6, 6.07) is 10.4. The van der Waals surface area contributed by atoms with Crippen LogP contribution < -0.4 is 5.73 Å². The van der Waals surface area contributed by atoms with Crippen molar-refractivity contribution in [1.29, 1.82) is 0 Å². The minimum Gasteiger partial charge on any atom is -0.383 e. The lowest BCUT2D eigenvalue weighted by atomic mass is 9.96. The Bertz CT molecular complexity index is 759. The van der Waals surface area contributed by atoms with Crippen molar-refractivity contribution >= 4 is 16.9 Å². The van der Waals surface area contributed by atoms with E-state index in [1.165, 1.54) is 28.8 Å². The molecule has 4 nitrogen and oxygen atoms in total. The molecule has 1 aromatic carbocycles. The molecule has 1 aliphatic rings. The average molecular weight is 250 g/mol.